The molecule has 0 unspecified atom stereocenters. The minimum atomic E-state index is -0.474. The van der Waals surface area contributed by atoms with Gasteiger partial charge >= 0.3 is 0 Å². The molecule has 1 aliphatic heterocycles. The zero-order valence-corrected chi connectivity index (χ0v) is 17.0. The van der Waals surface area contributed by atoms with Crippen LogP contribution in [0.4, 0.5) is 4.39 Å². The fraction of sp³-hybridized carbons (Fsp3) is 0.500. The van der Waals surface area contributed by atoms with Crippen molar-refractivity contribution in [1.29, 1.82) is 0 Å². The van der Waals surface area contributed by atoms with E-state index in [0.717, 1.165) is 26.2 Å². The Bertz CT molecular complexity index is 842. The van der Waals surface area contributed by atoms with Gasteiger partial charge in [0.15, 0.2) is 0 Å². The van der Waals surface area contributed by atoms with E-state index in [1.807, 2.05) is 11.8 Å². The Balaban J connectivity index is 1.46. The SMILES string of the molecule is Cc1nc(-c2ccc(Cl)c(F)c2)sc1C(=O)N1CCN(C2CCCC2)CC1. The monoisotopic (exact) mass is 407 g/mol. The van der Waals surface area contributed by atoms with Gasteiger partial charge in [-0.15, -0.1) is 11.3 Å². The first kappa shape index (κ1) is 18.8. The van der Waals surface area contributed by atoms with Crippen LogP contribution in [-0.2, 0) is 0 Å². The molecular weight excluding hydrogens is 385 g/mol. The molecule has 1 saturated heterocycles. The molecule has 0 atom stereocenters. The lowest BCUT2D eigenvalue weighted by atomic mass is 10.1. The topological polar surface area (TPSA) is 36.4 Å². The molecule has 1 aromatic carbocycles. The highest BCUT2D eigenvalue weighted by Crippen LogP contribution is 2.31. The molecule has 1 amide bonds. The maximum Gasteiger partial charge on any atom is 0.265 e. The van der Waals surface area contributed by atoms with Crippen molar-refractivity contribution in [1.82, 2.24) is 14.8 Å². The molecule has 0 spiro atoms. The second-order valence-corrected chi connectivity index (χ2v) is 8.74. The number of hydrogen-bond acceptors (Lipinski definition) is 4. The molecule has 0 bridgehead atoms. The largest absolute Gasteiger partial charge is 0.335 e. The molecular formula is C20H23ClFN3OS. The Kier molecular flexibility index (Phi) is 5.48. The molecule has 144 valence electrons. The van der Waals surface area contributed by atoms with E-state index in [1.165, 1.54) is 49.2 Å². The number of carbonyl (C=O) groups excluding carboxylic acids is 1. The number of benzene rings is 1. The fourth-order valence-corrected chi connectivity index (χ4v) is 5.20. The average Bonchev–Trinajstić information content (AvgIpc) is 3.33. The van der Waals surface area contributed by atoms with Crippen LogP contribution in [0, 0.1) is 12.7 Å². The third-order valence-corrected chi connectivity index (χ3v) is 7.10. The number of aromatic nitrogens is 1. The smallest absolute Gasteiger partial charge is 0.265 e. The summed E-state index contributed by atoms with van der Waals surface area (Å²) >= 11 is 7.09. The third kappa shape index (κ3) is 3.89. The van der Waals surface area contributed by atoms with Gasteiger partial charge in [0.25, 0.3) is 5.91 Å². The Morgan fingerprint density at radius 3 is 2.59 bits per heavy atom. The van der Waals surface area contributed by atoms with Gasteiger partial charge in [-0.1, -0.05) is 30.5 Å². The van der Waals surface area contributed by atoms with Gasteiger partial charge < -0.3 is 4.90 Å². The van der Waals surface area contributed by atoms with Crippen molar-refractivity contribution in [2.45, 2.75) is 38.6 Å². The summed E-state index contributed by atoms with van der Waals surface area (Å²) in [6.07, 6.45) is 5.25. The van der Waals surface area contributed by atoms with Gasteiger partial charge in [-0.2, -0.15) is 0 Å². The number of piperazine rings is 1. The Morgan fingerprint density at radius 2 is 1.93 bits per heavy atom. The van der Waals surface area contributed by atoms with E-state index in [0.29, 0.717) is 27.2 Å². The normalized spacial score (nSPS) is 19.0. The zero-order chi connectivity index (χ0) is 19.0. The summed E-state index contributed by atoms with van der Waals surface area (Å²) in [6.45, 7) is 5.26. The highest BCUT2D eigenvalue weighted by molar-refractivity contribution is 7.17. The molecule has 2 aliphatic rings. The van der Waals surface area contributed by atoms with Gasteiger partial charge in [-0.3, -0.25) is 9.69 Å². The number of carbonyl (C=O) groups is 1. The molecule has 0 N–H and O–H groups in total. The first-order valence-corrected chi connectivity index (χ1v) is 10.7. The number of amides is 1. The van der Waals surface area contributed by atoms with Crippen LogP contribution in [0.2, 0.25) is 5.02 Å². The van der Waals surface area contributed by atoms with E-state index in [-0.39, 0.29) is 10.9 Å². The van der Waals surface area contributed by atoms with Gasteiger partial charge in [0.05, 0.1) is 10.7 Å². The van der Waals surface area contributed by atoms with Gasteiger partial charge in [0, 0.05) is 37.8 Å². The number of thiazole rings is 1. The molecule has 4 rings (SSSR count). The lowest BCUT2D eigenvalue weighted by molar-refractivity contribution is 0.0577. The maximum absolute atomic E-state index is 13.8. The molecule has 7 heteroatoms. The first-order chi connectivity index (χ1) is 13.0. The van der Waals surface area contributed by atoms with E-state index in [9.17, 15) is 9.18 Å². The lowest BCUT2D eigenvalue weighted by Crippen LogP contribution is -2.51. The zero-order valence-electron chi connectivity index (χ0n) is 15.4. The van der Waals surface area contributed by atoms with E-state index in [2.05, 4.69) is 9.88 Å². The first-order valence-electron chi connectivity index (χ1n) is 9.49. The second kappa shape index (κ2) is 7.86. The van der Waals surface area contributed by atoms with Crippen molar-refractivity contribution >= 4 is 28.8 Å². The van der Waals surface area contributed by atoms with Gasteiger partial charge in [0.2, 0.25) is 0 Å². The van der Waals surface area contributed by atoms with Crippen LogP contribution in [0.5, 0.6) is 0 Å². The van der Waals surface area contributed by atoms with Crippen LogP contribution in [0.25, 0.3) is 10.6 Å². The Hall–Kier alpha value is -1.50. The van der Waals surface area contributed by atoms with Crippen LogP contribution in [-0.4, -0.2) is 52.9 Å². The standard InChI is InChI=1S/C20H23ClFN3OS/c1-13-18(27-19(23-13)14-6-7-16(21)17(22)12-14)20(26)25-10-8-24(9-11-25)15-4-2-3-5-15/h6-7,12,15H,2-5,8-11H2,1H3. The van der Waals surface area contributed by atoms with Gasteiger partial charge in [0.1, 0.15) is 15.7 Å². The number of halogens is 2. The van der Waals surface area contributed by atoms with Crippen LogP contribution in [0.3, 0.4) is 0 Å². The number of rotatable bonds is 3. The van der Waals surface area contributed by atoms with Crippen LogP contribution in [0.15, 0.2) is 18.2 Å². The third-order valence-electron chi connectivity index (χ3n) is 5.60. The minimum Gasteiger partial charge on any atom is -0.335 e. The minimum absolute atomic E-state index is 0.0387. The predicted octanol–water partition coefficient (Wildman–Crippen LogP) is 4.61. The summed E-state index contributed by atoms with van der Waals surface area (Å²) in [7, 11) is 0. The van der Waals surface area contributed by atoms with Crippen LogP contribution >= 0.6 is 22.9 Å². The summed E-state index contributed by atoms with van der Waals surface area (Å²) in [4.78, 5) is 22.6. The Morgan fingerprint density at radius 1 is 1.22 bits per heavy atom. The van der Waals surface area contributed by atoms with Crippen molar-refractivity contribution < 1.29 is 9.18 Å². The predicted molar refractivity (Wildman–Crippen MR) is 107 cm³/mol. The van der Waals surface area contributed by atoms with Crippen molar-refractivity contribution in [3.63, 3.8) is 0 Å². The molecule has 2 heterocycles. The van der Waals surface area contributed by atoms with Crippen LogP contribution < -0.4 is 0 Å². The summed E-state index contributed by atoms with van der Waals surface area (Å²) in [5.41, 5.74) is 1.35. The maximum atomic E-state index is 13.8. The summed E-state index contributed by atoms with van der Waals surface area (Å²) < 4.78 is 13.8. The van der Waals surface area contributed by atoms with E-state index in [4.69, 9.17) is 11.6 Å². The van der Waals surface area contributed by atoms with Crippen molar-refractivity contribution in [3.8, 4) is 10.6 Å². The van der Waals surface area contributed by atoms with E-state index < -0.39 is 5.82 Å². The lowest BCUT2D eigenvalue weighted by Gasteiger charge is -2.37. The van der Waals surface area contributed by atoms with Crippen molar-refractivity contribution in [2.24, 2.45) is 0 Å². The number of aryl methyl sites for hydroxylation is 1. The number of hydrogen-bond donors (Lipinski definition) is 0. The second-order valence-electron chi connectivity index (χ2n) is 7.33. The molecule has 2 fully saturated rings. The quantitative estimate of drug-likeness (QED) is 0.745. The van der Waals surface area contributed by atoms with E-state index >= 15 is 0 Å². The molecule has 1 saturated carbocycles. The van der Waals surface area contributed by atoms with Crippen molar-refractivity contribution in [3.05, 3.63) is 39.6 Å². The molecule has 4 nitrogen and oxygen atoms in total. The Labute approximate surface area is 168 Å². The van der Waals surface area contributed by atoms with Gasteiger partial charge in [-0.25, -0.2) is 9.37 Å². The van der Waals surface area contributed by atoms with Crippen molar-refractivity contribution in [2.75, 3.05) is 26.2 Å². The number of nitrogens with zero attached hydrogens (tertiary/aromatic N) is 3. The van der Waals surface area contributed by atoms with Gasteiger partial charge in [-0.05, 0) is 31.9 Å². The molecule has 2 aromatic rings. The summed E-state index contributed by atoms with van der Waals surface area (Å²) in [5, 5.41) is 0.736. The molecule has 27 heavy (non-hydrogen) atoms. The average molecular weight is 408 g/mol. The summed E-state index contributed by atoms with van der Waals surface area (Å²) in [5.74, 6) is -0.435. The fourth-order valence-electron chi connectivity index (χ4n) is 4.05. The highest BCUT2D eigenvalue weighted by Gasteiger charge is 2.29. The summed E-state index contributed by atoms with van der Waals surface area (Å²) in [6, 6.07) is 5.33. The molecule has 0 radical (unpaired) electrons. The van der Waals surface area contributed by atoms with Crippen LogP contribution in [0.1, 0.15) is 41.0 Å². The molecule has 1 aliphatic carbocycles. The van der Waals surface area contributed by atoms with E-state index in [1.54, 1.807) is 6.07 Å². The molecule has 1 aromatic heterocycles. The highest BCUT2D eigenvalue weighted by atomic mass is 35.5.